The molecule has 0 spiro atoms. The molecule has 1 aromatic carbocycles. The summed E-state index contributed by atoms with van der Waals surface area (Å²) in [7, 11) is -3.17. The summed E-state index contributed by atoms with van der Waals surface area (Å²) in [5.41, 5.74) is 1.40. The second-order valence-electron chi connectivity index (χ2n) is 6.83. The molecule has 1 aliphatic heterocycles. The number of hydrogen-bond donors (Lipinski definition) is 1. The third-order valence-corrected chi connectivity index (χ3v) is 7.13. The lowest BCUT2D eigenvalue weighted by Gasteiger charge is -2.30. The van der Waals surface area contributed by atoms with E-state index in [9.17, 15) is 18.5 Å². The number of benzene rings is 1. The van der Waals surface area contributed by atoms with Crippen LogP contribution < -0.4 is 5.32 Å². The highest BCUT2D eigenvalue weighted by Crippen LogP contribution is 2.47. The van der Waals surface area contributed by atoms with E-state index in [1.807, 2.05) is 24.3 Å². The average molecular weight is 361 g/mol. The highest BCUT2D eigenvalue weighted by atomic mass is 32.2. The van der Waals surface area contributed by atoms with Crippen LogP contribution in [-0.2, 0) is 20.2 Å². The van der Waals surface area contributed by atoms with E-state index in [0.29, 0.717) is 31.6 Å². The molecule has 1 aliphatic carbocycles. The zero-order valence-electron chi connectivity index (χ0n) is 14.4. The van der Waals surface area contributed by atoms with Gasteiger partial charge in [-0.2, -0.15) is 5.26 Å². The van der Waals surface area contributed by atoms with E-state index < -0.39 is 10.0 Å². The van der Waals surface area contributed by atoms with E-state index in [0.717, 1.165) is 18.4 Å². The van der Waals surface area contributed by atoms with Gasteiger partial charge in [0.2, 0.25) is 15.9 Å². The SMILES string of the molecule is CCS(=O)(=O)N1CCC(C(=O)Nc2ccc(C3(C#N)CC3)cc2)CC1. The van der Waals surface area contributed by atoms with Crippen LogP contribution in [0.15, 0.2) is 24.3 Å². The number of nitriles is 1. The zero-order valence-corrected chi connectivity index (χ0v) is 15.2. The summed E-state index contributed by atoms with van der Waals surface area (Å²) in [6, 6.07) is 9.84. The van der Waals surface area contributed by atoms with Crippen LogP contribution in [0.3, 0.4) is 0 Å². The highest BCUT2D eigenvalue weighted by Gasteiger charge is 2.44. The van der Waals surface area contributed by atoms with Crippen molar-refractivity contribution in [2.45, 2.75) is 38.0 Å². The maximum Gasteiger partial charge on any atom is 0.227 e. The number of rotatable bonds is 5. The molecule has 2 aliphatic rings. The van der Waals surface area contributed by atoms with Crippen LogP contribution in [-0.4, -0.2) is 37.5 Å². The van der Waals surface area contributed by atoms with Crippen LogP contribution in [0.1, 0.15) is 38.2 Å². The Balaban J connectivity index is 1.56. The molecular weight excluding hydrogens is 338 g/mol. The first-order chi connectivity index (χ1) is 11.9. The molecule has 1 aromatic rings. The quantitative estimate of drug-likeness (QED) is 0.871. The fourth-order valence-corrected chi connectivity index (χ4v) is 4.42. The summed E-state index contributed by atoms with van der Waals surface area (Å²) >= 11 is 0. The number of hydrogen-bond acceptors (Lipinski definition) is 4. The Morgan fingerprint density at radius 2 is 1.88 bits per heavy atom. The lowest BCUT2D eigenvalue weighted by molar-refractivity contribution is -0.120. The third kappa shape index (κ3) is 3.70. The molecule has 25 heavy (non-hydrogen) atoms. The number of sulfonamides is 1. The van der Waals surface area contributed by atoms with E-state index >= 15 is 0 Å². The fraction of sp³-hybridized carbons (Fsp3) is 0.556. The second-order valence-corrected chi connectivity index (χ2v) is 9.09. The molecule has 2 fully saturated rings. The average Bonchev–Trinajstić information content (AvgIpc) is 3.43. The minimum atomic E-state index is -3.17. The van der Waals surface area contributed by atoms with Crippen molar-refractivity contribution in [3.05, 3.63) is 29.8 Å². The molecule has 1 saturated heterocycles. The van der Waals surface area contributed by atoms with Crippen LogP contribution >= 0.6 is 0 Å². The van der Waals surface area contributed by atoms with Gasteiger partial charge in [-0.25, -0.2) is 12.7 Å². The number of piperidine rings is 1. The summed E-state index contributed by atoms with van der Waals surface area (Å²) in [4.78, 5) is 12.4. The Kier molecular flexibility index (Phi) is 4.85. The van der Waals surface area contributed by atoms with Crippen LogP contribution in [0.2, 0.25) is 0 Å². The van der Waals surface area contributed by atoms with Crippen LogP contribution in [0.4, 0.5) is 5.69 Å². The van der Waals surface area contributed by atoms with Crippen molar-refractivity contribution in [1.82, 2.24) is 4.31 Å². The number of carbonyl (C=O) groups is 1. The Labute approximate surface area is 148 Å². The molecule has 134 valence electrons. The minimum Gasteiger partial charge on any atom is -0.326 e. The number of anilines is 1. The molecule has 3 rings (SSSR count). The maximum atomic E-state index is 12.4. The standard InChI is InChI=1S/C18H23N3O3S/c1-2-25(23,24)21-11-7-14(8-12-21)17(22)20-16-5-3-15(4-6-16)18(13-19)9-10-18/h3-6,14H,2,7-12H2,1H3,(H,20,22). The van der Waals surface area contributed by atoms with Gasteiger partial charge >= 0.3 is 0 Å². The van der Waals surface area contributed by atoms with E-state index in [1.165, 1.54) is 4.31 Å². The Bertz CT molecular complexity index is 784. The molecule has 6 nitrogen and oxygen atoms in total. The van der Waals surface area contributed by atoms with Gasteiger partial charge in [0, 0.05) is 24.7 Å². The number of nitrogens with zero attached hydrogens (tertiary/aromatic N) is 2. The van der Waals surface area contributed by atoms with Gasteiger partial charge in [-0.05, 0) is 50.3 Å². The van der Waals surface area contributed by atoms with Crippen molar-refractivity contribution in [3.8, 4) is 6.07 Å². The number of carbonyl (C=O) groups excluding carboxylic acids is 1. The Morgan fingerprint density at radius 1 is 1.28 bits per heavy atom. The third-order valence-electron chi connectivity index (χ3n) is 5.25. The Morgan fingerprint density at radius 3 is 2.36 bits per heavy atom. The van der Waals surface area contributed by atoms with Gasteiger partial charge in [0.15, 0.2) is 0 Å². The molecule has 0 radical (unpaired) electrons. The normalized spacial score (nSPS) is 20.6. The first-order valence-electron chi connectivity index (χ1n) is 8.71. The van der Waals surface area contributed by atoms with Crippen molar-refractivity contribution in [2.75, 3.05) is 24.2 Å². The zero-order chi connectivity index (χ0) is 18.1. The van der Waals surface area contributed by atoms with E-state index in [-0.39, 0.29) is 23.0 Å². The van der Waals surface area contributed by atoms with Gasteiger partial charge in [-0.15, -0.1) is 0 Å². The molecule has 0 aromatic heterocycles. The lowest BCUT2D eigenvalue weighted by atomic mass is 9.96. The van der Waals surface area contributed by atoms with Crippen LogP contribution in [0, 0.1) is 17.2 Å². The largest absolute Gasteiger partial charge is 0.326 e. The van der Waals surface area contributed by atoms with E-state index in [2.05, 4.69) is 11.4 Å². The van der Waals surface area contributed by atoms with Gasteiger partial charge in [-0.3, -0.25) is 4.79 Å². The fourth-order valence-electron chi connectivity index (χ4n) is 3.29. The van der Waals surface area contributed by atoms with Crippen LogP contribution in [0.5, 0.6) is 0 Å². The van der Waals surface area contributed by atoms with Crippen molar-refractivity contribution in [3.63, 3.8) is 0 Å². The summed E-state index contributed by atoms with van der Waals surface area (Å²) in [6.07, 6.45) is 2.88. The van der Waals surface area contributed by atoms with Crippen molar-refractivity contribution in [2.24, 2.45) is 5.92 Å². The van der Waals surface area contributed by atoms with Crippen molar-refractivity contribution in [1.29, 1.82) is 5.26 Å². The minimum absolute atomic E-state index is 0.0669. The monoisotopic (exact) mass is 361 g/mol. The molecule has 1 heterocycles. The van der Waals surface area contributed by atoms with Gasteiger partial charge in [-0.1, -0.05) is 12.1 Å². The van der Waals surface area contributed by atoms with Gasteiger partial charge < -0.3 is 5.32 Å². The highest BCUT2D eigenvalue weighted by molar-refractivity contribution is 7.89. The van der Waals surface area contributed by atoms with E-state index in [4.69, 9.17) is 0 Å². The first kappa shape index (κ1) is 17.9. The van der Waals surface area contributed by atoms with Gasteiger partial charge in [0.25, 0.3) is 0 Å². The number of nitrogens with one attached hydrogen (secondary N) is 1. The molecule has 0 bridgehead atoms. The summed E-state index contributed by atoms with van der Waals surface area (Å²) in [5.74, 6) is -0.139. The smallest absolute Gasteiger partial charge is 0.227 e. The van der Waals surface area contributed by atoms with E-state index in [1.54, 1.807) is 6.92 Å². The first-order valence-corrected chi connectivity index (χ1v) is 10.3. The van der Waals surface area contributed by atoms with Crippen LogP contribution in [0.25, 0.3) is 0 Å². The summed E-state index contributed by atoms with van der Waals surface area (Å²) < 4.78 is 25.2. The summed E-state index contributed by atoms with van der Waals surface area (Å²) in [5, 5.41) is 12.1. The predicted octanol–water partition coefficient (Wildman–Crippen LogP) is 2.24. The predicted molar refractivity (Wildman–Crippen MR) is 95.4 cm³/mol. The van der Waals surface area contributed by atoms with Gasteiger partial charge in [0.05, 0.1) is 17.2 Å². The molecule has 1 saturated carbocycles. The molecule has 1 amide bonds. The van der Waals surface area contributed by atoms with Crippen molar-refractivity contribution >= 4 is 21.6 Å². The van der Waals surface area contributed by atoms with Crippen molar-refractivity contribution < 1.29 is 13.2 Å². The maximum absolute atomic E-state index is 12.4. The topological polar surface area (TPSA) is 90.3 Å². The molecule has 0 atom stereocenters. The molecular formula is C18H23N3O3S. The second kappa shape index (κ2) is 6.77. The molecule has 0 unspecified atom stereocenters. The molecule has 1 N–H and O–H groups in total. The lowest BCUT2D eigenvalue weighted by Crippen LogP contribution is -2.42. The Hall–Kier alpha value is -1.91. The molecule has 7 heteroatoms. The van der Waals surface area contributed by atoms with Gasteiger partial charge in [0.1, 0.15) is 0 Å². The summed E-state index contributed by atoms with van der Waals surface area (Å²) in [6.45, 7) is 2.44. The number of amides is 1.